The number of benzene rings is 4. The third kappa shape index (κ3) is 3.60. The lowest BCUT2D eigenvalue weighted by Gasteiger charge is -2.26. The molecule has 1 unspecified atom stereocenters. The minimum absolute atomic E-state index is 0.0986. The van der Waals surface area contributed by atoms with Gasteiger partial charge in [0, 0.05) is 11.3 Å². The van der Waals surface area contributed by atoms with Crippen molar-refractivity contribution in [3.8, 4) is 0 Å². The number of aryl methyl sites for hydroxylation is 2. The molecule has 4 nitrogen and oxygen atoms in total. The summed E-state index contributed by atoms with van der Waals surface area (Å²) >= 11 is 0. The van der Waals surface area contributed by atoms with Gasteiger partial charge in [0.1, 0.15) is 5.76 Å². The minimum atomic E-state index is -0.723. The molecular formula is C29H23NO3. The molecule has 4 heteroatoms. The van der Waals surface area contributed by atoms with Crippen LogP contribution in [0.1, 0.15) is 28.3 Å². The van der Waals surface area contributed by atoms with Crippen LogP contribution in [-0.4, -0.2) is 16.8 Å². The molecule has 1 fully saturated rings. The molecule has 4 aromatic carbocycles. The molecule has 0 saturated carbocycles. The predicted octanol–water partition coefficient (Wildman–Crippen LogP) is 6.08. The van der Waals surface area contributed by atoms with E-state index in [1.165, 1.54) is 4.90 Å². The average molecular weight is 434 g/mol. The zero-order chi connectivity index (χ0) is 23.1. The summed E-state index contributed by atoms with van der Waals surface area (Å²) in [6.45, 7) is 3.93. The molecule has 1 amide bonds. The van der Waals surface area contributed by atoms with Crippen LogP contribution in [0, 0.1) is 13.8 Å². The molecule has 0 bridgehead atoms. The van der Waals surface area contributed by atoms with Gasteiger partial charge >= 0.3 is 0 Å². The number of carbonyl (C=O) groups is 2. The quantitative estimate of drug-likeness (QED) is 0.242. The molecule has 1 heterocycles. The Morgan fingerprint density at radius 3 is 2.21 bits per heavy atom. The van der Waals surface area contributed by atoms with Gasteiger partial charge in [0.05, 0.1) is 11.6 Å². The average Bonchev–Trinajstić information content (AvgIpc) is 3.09. The molecule has 0 aromatic heterocycles. The Labute approximate surface area is 192 Å². The highest BCUT2D eigenvalue weighted by molar-refractivity contribution is 6.51. The van der Waals surface area contributed by atoms with Crippen molar-refractivity contribution >= 4 is 33.9 Å². The number of Topliss-reactive ketones (excluding diaryl/α,β-unsaturated/α-hetero) is 1. The smallest absolute Gasteiger partial charge is 0.300 e. The van der Waals surface area contributed by atoms with Gasteiger partial charge < -0.3 is 5.11 Å². The van der Waals surface area contributed by atoms with Crippen LogP contribution in [0.25, 0.3) is 16.5 Å². The SMILES string of the molecule is Cc1ccc(N2C(=O)C(=O)/C(=C(\O)c3ccc4ccccc4c3)C2c2cccc(C)c2)cc1. The summed E-state index contributed by atoms with van der Waals surface area (Å²) in [5.74, 6) is -1.50. The summed E-state index contributed by atoms with van der Waals surface area (Å²) in [6.07, 6.45) is 0. The third-order valence-electron chi connectivity index (χ3n) is 6.14. The van der Waals surface area contributed by atoms with E-state index >= 15 is 0 Å². The van der Waals surface area contributed by atoms with Gasteiger partial charge in [-0.3, -0.25) is 14.5 Å². The van der Waals surface area contributed by atoms with Crippen molar-refractivity contribution in [3.05, 3.63) is 119 Å². The molecule has 1 saturated heterocycles. The molecule has 162 valence electrons. The Kier molecular flexibility index (Phi) is 5.06. The largest absolute Gasteiger partial charge is 0.507 e. The van der Waals surface area contributed by atoms with Gasteiger partial charge in [-0.2, -0.15) is 0 Å². The van der Waals surface area contributed by atoms with Crippen molar-refractivity contribution in [1.82, 2.24) is 0 Å². The number of hydrogen-bond acceptors (Lipinski definition) is 3. The second-order valence-corrected chi connectivity index (χ2v) is 8.48. The first-order chi connectivity index (χ1) is 15.9. The zero-order valence-electron chi connectivity index (χ0n) is 18.4. The van der Waals surface area contributed by atoms with Crippen LogP contribution in [0.3, 0.4) is 0 Å². The Morgan fingerprint density at radius 1 is 0.758 bits per heavy atom. The van der Waals surface area contributed by atoms with Crippen molar-refractivity contribution in [2.24, 2.45) is 0 Å². The Bertz CT molecular complexity index is 1430. The second kappa shape index (κ2) is 8.06. The van der Waals surface area contributed by atoms with E-state index in [0.29, 0.717) is 11.3 Å². The normalized spacial score (nSPS) is 17.6. The molecule has 1 aliphatic heterocycles. The number of hydrogen-bond donors (Lipinski definition) is 1. The van der Waals surface area contributed by atoms with Crippen LogP contribution in [-0.2, 0) is 9.59 Å². The minimum Gasteiger partial charge on any atom is -0.507 e. The maximum Gasteiger partial charge on any atom is 0.300 e. The summed E-state index contributed by atoms with van der Waals surface area (Å²) in [6, 6.07) is 27.8. The number of rotatable bonds is 3. The highest BCUT2D eigenvalue weighted by atomic mass is 16.3. The molecule has 1 atom stereocenters. The predicted molar refractivity (Wildman–Crippen MR) is 131 cm³/mol. The standard InChI is InChI=1S/C29H23NO3/c1-18-10-14-24(15-11-18)30-26(22-9-5-6-19(2)16-22)25(28(32)29(30)33)27(31)23-13-12-20-7-3-4-8-21(20)17-23/h3-17,26,31H,1-2H3/b27-25-. The Hall–Kier alpha value is -4.18. The van der Waals surface area contributed by atoms with Crippen molar-refractivity contribution in [3.63, 3.8) is 0 Å². The van der Waals surface area contributed by atoms with Crippen LogP contribution in [0.2, 0.25) is 0 Å². The molecule has 1 N–H and O–H groups in total. The first-order valence-electron chi connectivity index (χ1n) is 10.9. The second-order valence-electron chi connectivity index (χ2n) is 8.48. The van der Waals surface area contributed by atoms with E-state index in [4.69, 9.17) is 0 Å². The van der Waals surface area contributed by atoms with Crippen LogP contribution < -0.4 is 4.90 Å². The van der Waals surface area contributed by atoms with Crippen LogP contribution in [0.5, 0.6) is 0 Å². The number of aliphatic hydroxyl groups excluding tert-OH is 1. The van der Waals surface area contributed by atoms with Gasteiger partial charge in [0.2, 0.25) is 0 Å². The first-order valence-corrected chi connectivity index (χ1v) is 10.9. The maximum absolute atomic E-state index is 13.3. The number of anilines is 1. The van der Waals surface area contributed by atoms with E-state index < -0.39 is 17.7 Å². The van der Waals surface area contributed by atoms with Gasteiger partial charge in [0.25, 0.3) is 11.7 Å². The van der Waals surface area contributed by atoms with Crippen molar-refractivity contribution in [1.29, 1.82) is 0 Å². The fraction of sp³-hybridized carbons (Fsp3) is 0.103. The van der Waals surface area contributed by atoms with Crippen LogP contribution in [0.15, 0.2) is 96.6 Å². The summed E-state index contributed by atoms with van der Waals surface area (Å²) in [5.41, 5.74) is 4.06. The fourth-order valence-electron chi connectivity index (χ4n) is 4.45. The van der Waals surface area contributed by atoms with Crippen LogP contribution >= 0.6 is 0 Å². The lowest BCUT2D eigenvalue weighted by Crippen LogP contribution is -2.29. The van der Waals surface area contributed by atoms with E-state index in [1.54, 1.807) is 6.07 Å². The van der Waals surface area contributed by atoms with Crippen LogP contribution in [0.4, 0.5) is 5.69 Å². The Balaban J connectivity index is 1.73. The maximum atomic E-state index is 13.3. The monoisotopic (exact) mass is 433 g/mol. The summed E-state index contributed by atoms with van der Waals surface area (Å²) in [7, 11) is 0. The summed E-state index contributed by atoms with van der Waals surface area (Å²) in [4.78, 5) is 28.0. The lowest BCUT2D eigenvalue weighted by atomic mass is 9.93. The van der Waals surface area contributed by atoms with Gasteiger partial charge in [-0.25, -0.2) is 0 Å². The molecule has 0 spiro atoms. The van der Waals surface area contributed by atoms with Crippen molar-refractivity contribution in [2.75, 3.05) is 4.90 Å². The molecule has 1 aliphatic rings. The number of amides is 1. The highest BCUT2D eigenvalue weighted by Gasteiger charge is 2.46. The van der Waals surface area contributed by atoms with E-state index in [0.717, 1.165) is 27.5 Å². The molecule has 0 radical (unpaired) electrons. The number of fused-ring (bicyclic) bond motifs is 1. The highest BCUT2D eigenvalue weighted by Crippen LogP contribution is 2.42. The third-order valence-corrected chi connectivity index (χ3v) is 6.14. The lowest BCUT2D eigenvalue weighted by molar-refractivity contribution is -0.132. The summed E-state index contributed by atoms with van der Waals surface area (Å²) < 4.78 is 0. The van der Waals surface area contributed by atoms with Gasteiger partial charge in [-0.1, -0.05) is 83.9 Å². The first kappa shape index (κ1) is 20.7. The van der Waals surface area contributed by atoms with Crippen molar-refractivity contribution in [2.45, 2.75) is 19.9 Å². The van der Waals surface area contributed by atoms with Gasteiger partial charge in [-0.15, -0.1) is 0 Å². The fourth-order valence-corrected chi connectivity index (χ4v) is 4.45. The van der Waals surface area contributed by atoms with E-state index in [1.807, 2.05) is 98.8 Å². The topological polar surface area (TPSA) is 57.6 Å². The van der Waals surface area contributed by atoms with Gasteiger partial charge in [-0.05, 0) is 48.4 Å². The molecule has 33 heavy (non-hydrogen) atoms. The van der Waals surface area contributed by atoms with Gasteiger partial charge in [0.15, 0.2) is 0 Å². The zero-order valence-corrected chi connectivity index (χ0v) is 18.4. The Morgan fingerprint density at radius 2 is 1.48 bits per heavy atom. The molecular weight excluding hydrogens is 410 g/mol. The summed E-state index contributed by atoms with van der Waals surface area (Å²) in [5, 5.41) is 13.3. The molecule has 4 aromatic rings. The molecule has 5 rings (SSSR count). The molecule has 0 aliphatic carbocycles. The number of nitrogens with zero attached hydrogens (tertiary/aromatic N) is 1. The van der Waals surface area contributed by atoms with Crippen molar-refractivity contribution < 1.29 is 14.7 Å². The number of ketones is 1. The number of aliphatic hydroxyl groups is 1. The number of carbonyl (C=O) groups excluding carboxylic acids is 2. The van der Waals surface area contributed by atoms with E-state index in [-0.39, 0.29) is 11.3 Å². The van der Waals surface area contributed by atoms with E-state index in [9.17, 15) is 14.7 Å². The van der Waals surface area contributed by atoms with E-state index in [2.05, 4.69) is 0 Å².